The van der Waals surface area contributed by atoms with Gasteiger partial charge in [0.15, 0.2) is 11.5 Å². The number of thioether (sulfide) groups is 1. The average molecular weight is 363 g/mol. The van der Waals surface area contributed by atoms with Crippen molar-refractivity contribution in [2.45, 2.75) is 25.5 Å². The fraction of sp³-hybridized carbons (Fsp3) is 0.375. The van der Waals surface area contributed by atoms with E-state index in [4.69, 9.17) is 9.47 Å². The van der Waals surface area contributed by atoms with E-state index in [1.54, 1.807) is 29.0 Å². The van der Waals surface area contributed by atoms with E-state index in [0.717, 1.165) is 0 Å². The summed E-state index contributed by atoms with van der Waals surface area (Å²) in [5.74, 6) is 1.28. The zero-order valence-corrected chi connectivity index (χ0v) is 15.1. The van der Waals surface area contributed by atoms with Crippen LogP contribution in [0.15, 0.2) is 36.0 Å². The number of nitrogens with zero attached hydrogens (tertiary/aromatic N) is 4. The maximum Gasteiger partial charge on any atom is 0.234 e. The highest BCUT2D eigenvalue weighted by Gasteiger charge is 2.11. The lowest BCUT2D eigenvalue weighted by Crippen LogP contribution is -2.15. The second-order valence-electron chi connectivity index (χ2n) is 4.80. The third-order valence-corrected chi connectivity index (χ3v) is 3.92. The van der Waals surface area contributed by atoms with Crippen molar-refractivity contribution in [3.05, 3.63) is 30.9 Å². The van der Waals surface area contributed by atoms with Crippen molar-refractivity contribution in [1.82, 2.24) is 20.2 Å². The highest BCUT2D eigenvalue weighted by Crippen LogP contribution is 2.30. The van der Waals surface area contributed by atoms with E-state index in [0.29, 0.717) is 42.1 Å². The Balaban J connectivity index is 1.96. The standard InChI is InChI=1S/C16H21N5O3S/c1-4-9-21-16(18-19-20-21)25-11-15(22)17-12-7-8-13(23-5-2)14(10-12)24-6-3/h4,7-8,10H,1,5-6,9,11H2,2-3H3,(H,17,22). The van der Waals surface area contributed by atoms with Gasteiger partial charge in [-0.15, -0.1) is 11.7 Å². The third-order valence-electron chi connectivity index (χ3n) is 2.96. The second kappa shape index (κ2) is 9.67. The second-order valence-corrected chi connectivity index (χ2v) is 5.74. The Hall–Kier alpha value is -2.55. The molecule has 0 aliphatic carbocycles. The molecule has 0 atom stereocenters. The van der Waals surface area contributed by atoms with Crippen LogP contribution in [0, 0.1) is 0 Å². The van der Waals surface area contributed by atoms with Crippen LogP contribution in [0.25, 0.3) is 0 Å². The number of hydrogen-bond donors (Lipinski definition) is 1. The fourth-order valence-electron chi connectivity index (χ4n) is 1.99. The number of amides is 1. The summed E-state index contributed by atoms with van der Waals surface area (Å²) in [5.41, 5.74) is 0.642. The fourth-order valence-corrected chi connectivity index (χ4v) is 2.68. The van der Waals surface area contributed by atoms with Gasteiger partial charge in [0.25, 0.3) is 0 Å². The van der Waals surface area contributed by atoms with Crippen molar-refractivity contribution in [2.24, 2.45) is 0 Å². The summed E-state index contributed by atoms with van der Waals surface area (Å²) in [6, 6.07) is 5.30. The summed E-state index contributed by atoms with van der Waals surface area (Å²) < 4.78 is 12.6. The molecule has 134 valence electrons. The summed E-state index contributed by atoms with van der Waals surface area (Å²) >= 11 is 1.26. The summed E-state index contributed by atoms with van der Waals surface area (Å²) in [6.07, 6.45) is 1.69. The van der Waals surface area contributed by atoms with Crippen molar-refractivity contribution < 1.29 is 14.3 Å². The number of ether oxygens (including phenoxy) is 2. The number of carbonyl (C=O) groups is 1. The maximum absolute atomic E-state index is 12.2. The smallest absolute Gasteiger partial charge is 0.234 e. The molecule has 1 amide bonds. The van der Waals surface area contributed by atoms with Crippen molar-refractivity contribution in [1.29, 1.82) is 0 Å². The number of benzene rings is 1. The number of carbonyl (C=O) groups excluding carboxylic acids is 1. The van der Waals surface area contributed by atoms with Gasteiger partial charge in [-0.2, -0.15) is 0 Å². The summed E-state index contributed by atoms with van der Waals surface area (Å²) in [7, 11) is 0. The molecule has 0 aliphatic heterocycles. The first-order valence-electron chi connectivity index (χ1n) is 7.87. The normalized spacial score (nSPS) is 10.3. The number of anilines is 1. The van der Waals surface area contributed by atoms with Gasteiger partial charge in [-0.05, 0) is 36.4 Å². The minimum Gasteiger partial charge on any atom is -0.490 e. The third kappa shape index (κ3) is 5.49. The van der Waals surface area contributed by atoms with Crippen LogP contribution < -0.4 is 14.8 Å². The Kier molecular flexibility index (Phi) is 7.27. The predicted molar refractivity (Wildman–Crippen MR) is 96.1 cm³/mol. The first kappa shape index (κ1) is 18.8. The molecule has 25 heavy (non-hydrogen) atoms. The molecule has 1 aromatic heterocycles. The molecule has 0 fully saturated rings. The first-order chi connectivity index (χ1) is 12.2. The summed E-state index contributed by atoms with van der Waals surface area (Å²) in [5, 5.41) is 14.7. The molecular formula is C16H21N5O3S. The number of allylic oxidation sites excluding steroid dienone is 1. The number of tetrazole rings is 1. The quantitative estimate of drug-likeness (QED) is 0.512. The molecule has 0 spiro atoms. The van der Waals surface area contributed by atoms with Crippen LogP contribution in [-0.2, 0) is 11.3 Å². The monoisotopic (exact) mass is 363 g/mol. The van der Waals surface area contributed by atoms with E-state index >= 15 is 0 Å². The van der Waals surface area contributed by atoms with Crippen LogP contribution in [0.2, 0.25) is 0 Å². The lowest BCUT2D eigenvalue weighted by Gasteiger charge is -2.13. The maximum atomic E-state index is 12.2. The van der Waals surface area contributed by atoms with Crippen LogP contribution >= 0.6 is 11.8 Å². The topological polar surface area (TPSA) is 91.2 Å². The van der Waals surface area contributed by atoms with Crippen LogP contribution in [0.5, 0.6) is 11.5 Å². The molecule has 2 rings (SSSR count). The molecule has 0 saturated heterocycles. The molecule has 1 N–H and O–H groups in total. The van der Waals surface area contributed by atoms with Gasteiger partial charge in [0.2, 0.25) is 11.1 Å². The van der Waals surface area contributed by atoms with Gasteiger partial charge < -0.3 is 14.8 Å². The van der Waals surface area contributed by atoms with E-state index in [9.17, 15) is 4.79 Å². The molecule has 9 heteroatoms. The van der Waals surface area contributed by atoms with E-state index in [1.165, 1.54) is 11.8 Å². The molecule has 0 radical (unpaired) electrons. The minimum absolute atomic E-state index is 0.162. The Labute approximate surface area is 150 Å². The largest absolute Gasteiger partial charge is 0.490 e. The molecule has 8 nitrogen and oxygen atoms in total. The average Bonchev–Trinajstić information content (AvgIpc) is 3.03. The van der Waals surface area contributed by atoms with Gasteiger partial charge in [-0.25, -0.2) is 4.68 Å². The number of aromatic nitrogens is 4. The number of nitrogens with one attached hydrogen (secondary N) is 1. The molecule has 0 bridgehead atoms. The van der Waals surface area contributed by atoms with Gasteiger partial charge in [0.1, 0.15) is 0 Å². The highest BCUT2D eigenvalue weighted by atomic mass is 32.2. The SMILES string of the molecule is C=CCn1nnnc1SCC(=O)Nc1ccc(OCC)c(OCC)c1. The Morgan fingerprint density at radius 3 is 2.80 bits per heavy atom. The molecular weight excluding hydrogens is 342 g/mol. The van der Waals surface area contributed by atoms with E-state index < -0.39 is 0 Å². The predicted octanol–water partition coefficient (Wildman–Crippen LogP) is 2.39. The van der Waals surface area contributed by atoms with Gasteiger partial charge >= 0.3 is 0 Å². The van der Waals surface area contributed by atoms with E-state index in [2.05, 4.69) is 27.4 Å². The molecule has 1 aromatic carbocycles. The molecule has 1 heterocycles. The molecule has 0 unspecified atom stereocenters. The zero-order chi connectivity index (χ0) is 18.1. The lowest BCUT2D eigenvalue weighted by atomic mass is 10.2. The minimum atomic E-state index is -0.162. The van der Waals surface area contributed by atoms with Gasteiger partial charge in [-0.3, -0.25) is 4.79 Å². The summed E-state index contributed by atoms with van der Waals surface area (Å²) in [6.45, 7) is 8.99. The van der Waals surface area contributed by atoms with Crippen molar-refractivity contribution in [3.8, 4) is 11.5 Å². The molecule has 0 saturated carbocycles. The van der Waals surface area contributed by atoms with Gasteiger partial charge in [0.05, 0.1) is 25.5 Å². The van der Waals surface area contributed by atoms with Crippen LogP contribution in [-0.4, -0.2) is 45.1 Å². The highest BCUT2D eigenvalue weighted by molar-refractivity contribution is 7.99. The van der Waals surface area contributed by atoms with E-state index in [-0.39, 0.29) is 11.7 Å². The molecule has 2 aromatic rings. The zero-order valence-electron chi connectivity index (χ0n) is 14.3. The van der Waals surface area contributed by atoms with Gasteiger partial charge in [0, 0.05) is 11.8 Å². The van der Waals surface area contributed by atoms with Crippen molar-refractivity contribution in [2.75, 3.05) is 24.3 Å². The Bertz CT molecular complexity index is 720. The van der Waals surface area contributed by atoms with Crippen LogP contribution in [0.3, 0.4) is 0 Å². The number of hydrogen-bond acceptors (Lipinski definition) is 7. The Morgan fingerprint density at radius 2 is 2.08 bits per heavy atom. The Morgan fingerprint density at radius 1 is 1.32 bits per heavy atom. The van der Waals surface area contributed by atoms with E-state index in [1.807, 2.05) is 13.8 Å². The van der Waals surface area contributed by atoms with Crippen LogP contribution in [0.1, 0.15) is 13.8 Å². The molecule has 0 aliphatic rings. The van der Waals surface area contributed by atoms with Crippen LogP contribution in [0.4, 0.5) is 5.69 Å². The lowest BCUT2D eigenvalue weighted by molar-refractivity contribution is -0.113. The van der Waals surface area contributed by atoms with Crippen molar-refractivity contribution >= 4 is 23.4 Å². The summed E-state index contributed by atoms with van der Waals surface area (Å²) in [4.78, 5) is 12.2. The van der Waals surface area contributed by atoms with Crippen molar-refractivity contribution in [3.63, 3.8) is 0 Å². The first-order valence-corrected chi connectivity index (χ1v) is 8.85. The van der Waals surface area contributed by atoms with Gasteiger partial charge in [-0.1, -0.05) is 17.8 Å². The number of rotatable bonds is 10.